The van der Waals surface area contributed by atoms with Crippen molar-refractivity contribution in [2.45, 2.75) is 46.6 Å². The molecule has 0 radical (unpaired) electrons. The van der Waals surface area contributed by atoms with Crippen molar-refractivity contribution in [2.75, 3.05) is 6.61 Å². The molecule has 0 aromatic heterocycles. The number of hydrogen-bond acceptors (Lipinski definition) is 3. The summed E-state index contributed by atoms with van der Waals surface area (Å²) in [6, 6.07) is 0. The molecule has 0 saturated heterocycles. The van der Waals surface area contributed by atoms with Gasteiger partial charge >= 0.3 is 0 Å². The van der Waals surface area contributed by atoms with Crippen LogP contribution in [0.2, 0.25) is 0 Å². The molecule has 0 rings (SSSR count). The van der Waals surface area contributed by atoms with Crippen LogP contribution in [-0.4, -0.2) is 18.0 Å². The molecule has 0 aliphatic rings. The van der Waals surface area contributed by atoms with E-state index in [4.69, 9.17) is 9.78 Å². The van der Waals surface area contributed by atoms with Gasteiger partial charge in [-0.3, -0.25) is 4.79 Å². The molecular weight excluding hydrogens is 168 g/mol. The van der Waals surface area contributed by atoms with Gasteiger partial charge in [0.05, 0.1) is 5.60 Å². The Labute approximate surface area is 80.3 Å². The molecule has 78 valence electrons. The zero-order valence-corrected chi connectivity index (χ0v) is 9.22. The average molecular weight is 188 g/mol. The number of rotatable bonds is 5. The standard InChI is InChI=1S/C10H20O3/c1-8(2)6-9(11)7-12-13-10(3,4)5/h8H,6-7H2,1-5H3. The minimum Gasteiger partial charge on any atom is -0.297 e. The van der Waals surface area contributed by atoms with Crippen LogP contribution in [0.3, 0.4) is 0 Å². The van der Waals surface area contributed by atoms with E-state index in [-0.39, 0.29) is 18.0 Å². The highest BCUT2D eigenvalue weighted by Crippen LogP contribution is 2.07. The fourth-order valence-electron chi connectivity index (χ4n) is 0.786. The Hall–Kier alpha value is -0.410. The predicted molar refractivity (Wildman–Crippen MR) is 51.3 cm³/mol. The highest BCUT2D eigenvalue weighted by atomic mass is 17.2. The Morgan fingerprint density at radius 1 is 1.31 bits per heavy atom. The van der Waals surface area contributed by atoms with E-state index in [0.29, 0.717) is 12.3 Å². The van der Waals surface area contributed by atoms with Gasteiger partial charge in [-0.1, -0.05) is 13.8 Å². The molecule has 0 spiro atoms. The van der Waals surface area contributed by atoms with Crippen LogP contribution in [0.4, 0.5) is 0 Å². The van der Waals surface area contributed by atoms with Crippen molar-refractivity contribution in [1.82, 2.24) is 0 Å². The highest BCUT2D eigenvalue weighted by molar-refractivity contribution is 5.79. The van der Waals surface area contributed by atoms with Crippen LogP contribution in [0.5, 0.6) is 0 Å². The van der Waals surface area contributed by atoms with Crippen molar-refractivity contribution < 1.29 is 14.6 Å². The molecule has 0 N–H and O–H groups in total. The van der Waals surface area contributed by atoms with Crippen LogP contribution in [0.15, 0.2) is 0 Å². The molecule has 0 heterocycles. The van der Waals surface area contributed by atoms with Crippen LogP contribution in [0, 0.1) is 5.92 Å². The van der Waals surface area contributed by atoms with Gasteiger partial charge in [-0.25, -0.2) is 9.78 Å². The first-order chi connectivity index (χ1) is 5.81. The third kappa shape index (κ3) is 9.50. The molecule has 0 aromatic carbocycles. The summed E-state index contributed by atoms with van der Waals surface area (Å²) in [5, 5.41) is 0. The van der Waals surface area contributed by atoms with Crippen LogP contribution < -0.4 is 0 Å². The van der Waals surface area contributed by atoms with Crippen molar-refractivity contribution in [3.8, 4) is 0 Å². The first-order valence-electron chi connectivity index (χ1n) is 4.63. The summed E-state index contributed by atoms with van der Waals surface area (Å²) >= 11 is 0. The van der Waals surface area contributed by atoms with E-state index < -0.39 is 0 Å². The zero-order chi connectivity index (χ0) is 10.5. The number of Topliss-reactive ketones (excluding diaryl/α,β-unsaturated/α-hetero) is 1. The number of hydrogen-bond donors (Lipinski definition) is 0. The maximum Gasteiger partial charge on any atom is 0.162 e. The van der Waals surface area contributed by atoms with Gasteiger partial charge in [0.1, 0.15) is 6.61 Å². The highest BCUT2D eigenvalue weighted by Gasteiger charge is 2.13. The van der Waals surface area contributed by atoms with Crippen molar-refractivity contribution in [2.24, 2.45) is 5.92 Å². The van der Waals surface area contributed by atoms with Gasteiger partial charge in [-0.05, 0) is 26.7 Å². The van der Waals surface area contributed by atoms with Crippen LogP contribution in [0.25, 0.3) is 0 Å². The third-order valence-electron chi connectivity index (χ3n) is 1.16. The summed E-state index contributed by atoms with van der Waals surface area (Å²) in [6.45, 7) is 9.68. The van der Waals surface area contributed by atoms with Crippen molar-refractivity contribution in [3.63, 3.8) is 0 Å². The Kier molecular flexibility index (Phi) is 5.18. The van der Waals surface area contributed by atoms with Gasteiger partial charge in [-0.15, -0.1) is 0 Å². The topological polar surface area (TPSA) is 35.5 Å². The van der Waals surface area contributed by atoms with E-state index in [1.165, 1.54) is 0 Å². The second kappa shape index (κ2) is 5.35. The number of carbonyl (C=O) groups is 1. The van der Waals surface area contributed by atoms with Crippen LogP contribution >= 0.6 is 0 Å². The van der Waals surface area contributed by atoms with E-state index in [2.05, 4.69) is 0 Å². The number of ketones is 1. The summed E-state index contributed by atoms with van der Waals surface area (Å²) < 4.78 is 0. The Balaban J connectivity index is 3.49. The molecule has 13 heavy (non-hydrogen) atoms. The summed E-state index contributed by atoms with van der Waals surface area (Å²) in [4.78, 5) is 20.9. The normalized spacial score (nSPS) is 12.2. The Morgan fingerprint density at radius 2 is 1.85 bits per heavy atom. The first-order valence-corrected chi connectivity index (χ1v) is 4.63. The fraction of sp³-hybridized carbons (Fsp3) is 0.900. The van der Waals surface area contributed by atoms with E-state index in [0.717, 1.165) is 0 Å². The van der Waals surface area contributed by atoms with Gasteiger partial charge in [0, 0.05) is 6.42 Å². The molecule has 0 aliphatic heterocycles. The van der Waals surface area contributed by atoms with Crippen molar-refractivity contribution >= 4 is 5.78 Å². The van der Waals surface area contributed by atoms with E-state index >= 15 is 0 Å². The van der Waals surface area contributed by atoms with E-state index in [1.54, 1.807) is 0 Å². The quantitative estimate of drug-likeness (QED) is 0.490. The SMILES string of the molecule is CC(C)CC(=O)COOC(C)(C)C. The molecule has 0 atom stereocenters. The minimum absolute atomic E-state index is 0.0510. The second-order valence-corrected chi connectivity index (χ2v) is 4.59. The lowest BCUT2D eigenvalue weighted by Crippen LogP contribution is -2.22. The molecule has 0 aromatic rings. The maximum atomic E-state index is 11.1. The lowest BCUT2D eigenvalue weighted by Gasteiger charge is -2.17. The average Bonchev–Trinajstić information content (AvgIpc) is 1.81. The summed E-state index contributed by atoms with van der Waals surface area (Å²) in [5.41, 5.74) is -0.349. The maximum absolute atomic E-state index is 11.1. The van der Waals surface area contributed by atoms with Crippen molar-refractivity contribution in [1.29, 1.82) is 0 Å². The fourth-order valence-corrected chi connectivity index (χ4v) is 0.786. The van der Waals surface area contributed by atoms with Gasteiger partial charge in [-0.2, -0.15) is 0 Å². The van der Waals surface area contributed by atoms with Crippen molar-refractivity contribution in [3.05, 3.63) is 0 Å². The zero-order valence-electron chi connectivity index (χ0n) is 9.22. The third-order valence-corrected chi connectivity index (χ3v) is 1.16. The van der Waals surface area contributed by atoms with Gasteiger partial charge in [0.15, 0.2) is 5.78 Å². The Bertz CT molecular complexity index is 156. The molecular formula is C10H20O3. The molecule has 3 nitrogen and oxygen atoms in total. The molecule has 0 amide bonds. The van der Waals surface area contributed by atoms with E-state index in [9.17, 15) is 4.79 Å². The summed E-state index contributed by atoms with van der Waals surface area (Å²) in [5.74, 6) is 0.463. The molecule has 0 fully saturated rings. The molecule has 3 heteroatoms. The minimum atomic E-state index is -0.349. The number of carbonyl (C=O) groups excluding carboxylic acids is 1. The molecule has 0 bridgehead atoms. The first kappa shape index (κ1) is 12.6. The molecule has 0 aliphatic carbocycles. The predicted octanol–water partition coefficient (Wildman–Crippen LogP) is 2.35. The molecule has 0 unspecified atom stereocenters. The second-order valence-electron chi connectivity index (χ2n) is 4.59. The monoisotopic (exact) mass is 188 g/mol. The lowest BCUT2D eigenvalue weighted by atomic mass is 10.1. The molecule has 0 saturated carbocycles. The van der Waals surface area contributed by atoms with E-state index in [1.807, 2.05) is 34.6 Å². The lowest BCUT2D eigenvalue weighted by molar-refractivity contribution is -0.342. The van der Waals surface area contributed by atoms with Gasteiger partial charge in [0.25, 0.3) is 0 Å². The summed E-state index contributed by atoms with van der Waals surface area (Å²) in [6.07, 6.45) is 0.549. The van der Waals surface area contributed by atoms with Crippen LogP contribution in [-0.2, 0) is 14.6 Å². The largest absolute Gasteiger partial charge is 0.297 e. The van der Waals surface area contributed by atoms with Gasteiger partial charge < -0.3 is 0 Å². The Morgan fingerprint density at radius 3 is 2.23 bits per heavy atom. The smallest absolute Gasteiger partial charge is 0.162 e. The van der Waals surface area contributed by atoms with Gasteiger partial charge in [0.2, 0.25) is 0 Å². The van der Waals surface area contributed by atoms with Crippen LogP contribution in [0.1, 0.15) is 41.0 Å². The summed E-state index contributed by atoms with van der Waals surface area (Å²) in [7, 11) is 0.